The van der Waals surface area contributed by atoms with E-state index >= 15 is 0 Å². The van der Waals surface area contributed by atoms with E-state index in [2.05, 4.69) is 36.9 Å². The molecular weight excluding hydrogens is 411 g/mol. The van der Waals surface area contributed by atoms with Gasteiger partial charge in [-0.25, -0.2) is 4.39 Å². The molecule has 0 heterocycles. The lowest BCUT2D eigenvalue weighted by atomic mass is 10.1. The summed E-state index contributed by atoms with van der Waals surface area (Å²) in [7, 11) is 3.34. The number of halogens is 2. The van der Waals surface area contributed by atoms with Gasteiger partial charge in [-0.05, 0) is 64.2 Å². The molecule has 0 aliphatic rings. The predicted molar refractivity (Wildman–Crippen MR) is 111 cm³/mol. The van der Waals surface area contributed by atoms with Crippen molar-refractivity contribution in [3.8, 4) is 0 Å². The number of nitrogens with zero attached hydrogens (tertiary/aromatic N) is 1. The van der Waals surface area contributed by atoms with Crippen LogP contribution in [0, 0.1) is 5.82 Å². The smallest absolute Gasteiger partial charge is 0.251 e. The predicted octanol–water partition coefficient (Wildman–Crippen LogP) is 2.90. The molecule has 0 atom stereocenters. The van der Waals surface area contributed by atoms with Gasteiger partial charge >= 0.3 is 0 Å². The van der Waals surface area contributed by atoms with Gasteiger partial charge in [0.05, 0.1) is 4.47 Å². The minimum atomic E-state index is -0.260. The zero-order chi connectivity index (χ0) is 19.6. The molecule has 1 amide bonds. The monoisotopic (exact) mass is 434 g/mol. The summed E-state index contributed by atoms with van der Waals surface area (Å²) < 4.78 is 13.7. The van der Waals surface area contributed by atoms with E-state index in [-0.39, 0.29) is 11.7 Å². The maximum atomic E-state index is 13.3. The topological polar surface area (TPSA) is 65.5 Å². The van der Waals surface area contributed by atoms with Crippen molar-refractivity contribution in [3.05, 3.63) is 69.4 Å². The lowest BCUT2D eigenvalue weighted by molar-refractivity contribution is 0.0963. The molecule has 0 aromatic heterocycles. The second-order valence-electron chi connectivity index (χ2n) is 5.95. The molecule has 0 fully saturated rings. The number of benzene rings is 2. The zero-order valence-electron chi connectivity index (χ0n) is 15.5. The molecule has 5 nitrogen and oxygen atoms in total. The van der Waals surface area contributed by atoms with Crippen LogP contribution in [0.15, 0.2) is 51.9 Å². The Morgan fingerprint density at radius 1 is 1.07 bits per heavy atom. The van der Waals surface area contributed by atoms with Crippen LogP contribution in [0.2, 0.25) is 0 Å². The SMILES string of the molecule is CN=C(NCCc1cccc(C(=O)NC)c1)NCCc1ccc(F)c(Br)c1. The van der Waals surface area contributed by atoms with Crippen LogP contribution in [0.25, 0.3) is 0 Å². The third-order valence-electron chi connectivity index (χ3n) is 4.04. The molecule has 3 N–H and O–H groups in total. The van der Waals surface area contributed by atoms with Crippen LogP contribution in [-0.2, 0) is 12.8 Å². The Hall–Kier alpha value is -2.41. The third-order valence-corrected chi connectivity index (χ3v) is 4.64. The second kappa shape index (κ2) is 10.7. The first-order valence-electron chi connectivity index (χ1n) is 8.73. The summed E-state index contributed by atoms with van der Waals surface area (Å²) in [5, 5.41) is 9.13. The molecule has 0 unspecified atom stereocenters. The second-order valence-corrected chi connectivity index (χ2v) is 6.81. The first-order chi connectivity index (χ1) is 13.0. The summed E-state index contributed by atoms with van der Waals surface area (Å²) in [6, 6.07) is 12.6. The Kier molecular flexibility index (Phi) is 8.26. The van der Waals surface area contributed by atoms with Gasteiger partial charge < -0.3 is 16.0 Å². The number of rotatable bonds is 7. The van der Waals surface area contributed by atoms with Gasteiger partial charge in [0.1, 0.15) is 5.82 Å². The summed E-state index contributed by atoms with van der Waals surface area (Å²) in [5.41, 5.74) is 2.77. The molecule has 144 valence electrons. The highest BCUT2D eigenvalue weighted by Gasteiger charge is 2.05. The lowest BCUT2D eigenvalue weighted by Crippen LogP contribution is -2.39. The molecule has 0 radical (unpaired) electrons. The number of aliphatic imine (C=N–C) groups is 1. The number of carbonyl (C=O) groups is 1. The number of nitrogens with one attached hydrogen (secondary N) is 3. The van der Waals surface area contributed by atoms with Gasteiger partial charge in [-0.1, -0.05) is 18.2 Å². The summed E-state index contributed by atoms with van der Waals surface area (Å²) in [6.07, 6.45) is 1.53. The van der Waals surface area contributed by atoms with Crippen LogP contribution in [0.4, 0.5) is 4.39 Å². The van der Waals surface area contributed by atoms with Crippen LogP contribution in [-0.4, -0.2) is 39.1 Å². The molecule has 0 saturated heterocycles. The molecule has 2 aromatic rings. The summed E-state index contributed by atoms with van der Waals surface area (Å²) in [5.74, 6) is 0.359. The minimum absolute atomic E-state index is 0.0882. The number of amides is 1. The van der Waals surface area contributed by atoms with Crippen molar-refractivity contribution in [2.75, 3.05) is 27.2 Å². The molecule has 2 rings (SSSR count). The van der Waals surface area contributed by atoms with E-state index in [1.807, 2.05) is 18.2 Å². The van der Waals surface area contributed by atoms with Gasteiger partial charge in [-0.2, -0.15) is 0 Å². The van der Waals surface area contributed by atoms with Gasteiger partial charge in [0.15, 0.2) is 5.96 Å². The van der Waals surface area contributed by atoms with E-state index < -0.39 is 0 Å². The van der Waals surface area contributed by atoms with Gasteiger partial charge in [0, 0.05) is 32.7 Å². The van der Waals surface area contributed by atoms with E-state index in [4.69, 9.17) is 0 Å². The first-order valence-corrected chi connectivity index (χ1v) is 9.52. The molecular formula is C20H24BrFN4O. The van der Waals surface area contributed by atoms with Crippen LogP contribution < -0.4 is 16.0 Å². The molecule has 2 aromatic carbocycles. The fourth-order valence-corrected chi connectivity index (χ4v) is 3.00. The fraction of sp³-hybridized carbons (Fsp3) is 0.300. The van der Waals surface area contributed by atoms with Gasteiger partial charge in [-0.15, -0.1) is 0 Å². The maximum absolute atomic E-state index is 13.3. The Morgan fingerprint density at radius 2 is 1.74 bits per heavy atom. The van der Waals surface area contributed by atoms with Crippen LogP contribution in [0.5, 0.6) is 0 Å². The van der Waals surface area contributed by atoms with Crippen molar-refractivity contribution in [1.29, 1.82) is 0 Å². The van der Waals surface area contributed by atoms with Crippen molar-refractivity contribution in [3.63, 3.8) is 0 Å². The van der Waals surface area contributed by atoms with Crippen LogP contribution in [0.1, 0.15) is 21.5 Å². The van der Waals surface area contributed by atoms with Gasteiger partial charge in [0.25, 0.3) is 5.91 Å². The largest absolute Gasteiger partial charge is 0.356 e. The van der Waals surface area contributed by atoms with Gasteiger partial charge in [-0.3, -0.25) is 9.79 Å². The Labute approximate surface area is 167 Å². The standard InChI is InChI=1S/C20H24BrFN4O/c1-23-19(27)16-5-3-4-14(12-16)8-10-25-20(24-2)26-11-9-15-6-7-18(22)17(21)13-15/h3-7,12-13H,8-11H2,1-2H3,(H,23,27)(H2,24,25,26). The van der Waals surface area contributed by atoms with Gasteiger partial charge in [0.2, 0.25) is 0 Å². The summed E-state index contributed by atoms with van der Waals surface area (Å²) in [6.45, 7) is 1.38. The zero-order valence-corrected chi connectivity index (χ0v) is 17.1. The van der Waals surface area contributed by atoms with E-state index in [1.165, 1.54) is 6.07 Å². The van der Waals surface area contributed by atoms with E-state index in [1.54, 1.807) is 32.3 Å². The van der Waals surface area contributed by atoms with Crippen molar-refractivity contribution in [2.24, 2.45) is 4.99 Å². The molecule has 27 heavy (non-hydrogen) atoms. The number of hydrogen-bond donors (Lipinski definition) is 3. The maximum Gasteiger partial charge on any atom is 0.251 e. The third kappa shape index (κ3) is 6.67. The van der Waals surface area contributed by atoms with Crippen LogP contribution >= 0.6 is 15.9 Å². The van der Waals surface area contributed by atoms with Crippen molar-refractivity contribution in [1.82, 2.24) is 16.0 Å². The summed E-state index contributed by atoms with van der Waals surface area (Å²) in [4.78, 5) is 15.9. The molecule has 0 spiro atoms. The van der Waals surface area contributed by atoms with Crippen molar-refractivity contribution < 1.29 is 9.18 Å². The quantitative estimate of drug-likeness (QED) is 0.463. The van der Waals surface area contributed by atoms with Crippen molar-refractivity contribution >= 4 is 27.8 Å². The average molecular weight is 435 g/mol. The highest BCUT2D eigenvalue weighted by molar-refractivity contribution is 9.10. The molecule has 7 heteroatoms. The first kappa shape index (κ1) is 20.9. The molecule has 0 saturated carbocycles. The van der Waals surface area contributed by atoms with Crippen molar-refractivity contribution in [2.45, 2.75) is 12.8 Å². The minimum Gasteiger partial charge on any atom is -0.356 e. The van der Waals surface area contributed by atoms with E-state index in [0.717, 1.165) is 24.0 Å². The average Bonchev–Trinajstić information content (AvgIpc) is 2.69. The van der Waals surface area contributed by atoms with Crippen LogP contribution in [0.3, 0.4) is 0 Å². The Morgan fingerprint density at radius 3 is 2.33 bits per heavy atom. The number of guanidine groups is 1. The van der Waals surface area contributed by atoms with E-state index in [9.17, 15) is 9.18 Å². The Bertz CT molecular complexity index is 810. The number of hydrogen-bond acceptors (Lipinski definition) is 2. The highest BCUT2D eigenvalue weighted by Crippen LogP contribution is 2.16. The number of carbonyl (C=O) groups excluding carboxylic acids is 1. The normalized spacial score (nSPS) is 11.2. The highest BCUT2D eigenvalue weighted by atomic mass is 79.9. The molecule has 0 bridgehead atoms. The fourth-order valence-electron chi connectivity index (χ4n) is 2.58. The Balaban J connectivity index is 1.77. The lowest BCUT2D eigenvalue weighted by Gasteiger charge is -2.12. The van der Waals surface area contributed by atoms with E-state index in [0.29, 0.717) is 29.1 Å². The molecule has 0 aliphatic heterocycles. The summed E-state index contributed by atoms with van der Waals surface area (Å²) >= 11 is 3.20. The molecule has 0 aliphatic carbocycles.